The molecule has 0 aliphatic carbocycles. The highest BCUT2D eigenvalue weighted by atomic mass is 16.6. The summed E-state index contributed by atoms with van der Waals surface area (Å²) in [4.78, 5) is 15.5. The number of rotatable bonds is 2. The van der Waals surface area contributed by atoms with Crippen molar-refractivity contribution in [3.63, 3.8) is 0 Å². The number of hydrogen-bond donors (Lipinski definition) is 0. The fourth-order valence-corrected chi connectivity index (χ4v) is 3.91. The molecule has 132 valence electrons. The van der Waals surface area contributed by atoms with E-state index in [1.165, 1.54) is 33.9 Å². The van der Waals surface area contributed by atoms with Crippen LogP contribution in [0.4, 0.5) is 5.69 Å². The van der Waals surface area contributed by atoms with Crippen molar-refractivity contribution in [3.8, 4) is 11.3 Å². The van der Waals surface area contributed by atoms with Crippen LogP contribution in [0.2, 0.25) is 0 Å². The Kier molecular flexibility index (Phi) is 3.62. The summed E-state index contributed by atoms with van der Waals surface area (Å²) in [5, 5.41) is 14.5. The maximum Gasteiger partial charge on any atom is 0.269 e. The van der Waals surface area contributed by atoms with E-state index in [2.05, 4.69) is 30.3 Å². The fraction of sp³-hybridized carbons (Fsp3) is 0.136. The highest BCUT2D eigenvalue weighted by Gasteiger charge is 2.21. The van der Waals surface area contributed by atoms with Gasteiger partial charge in [0, 0.05) is 28.6 Å². The van der Waals surface area contributed by atoms with Gasteiger partial charge in [0.05, 0.1) is 29.3 Å². The molecule has 5 heteroatoms. The highest BCUT2D eigenvalue weighted by Crippen LogP contribution is 2.37. The molecule has 1 aromatic heterocycles. The van der Waals surface area contributed by atoms with Gasteiger partial charge >= 0.3 is 0 Å². The molecule has 0 N–H and O–H groups in total. The van der Waals surface area contributed by atoms with Gasteiger partial charge in [0.25, 0.3) is 5.69 Å². The van der Waals surface area contributed by atoms with Gasteiger partial charge in [-0.25, -0.2) is 4.98 Å². The molecule has 5 nitrogen and oxygen atoms in total. The number of pyridine rings is 1. The van der Waals surface area contributed by atoms with Gasteiger partial charge in [-0.15, -0.1) is 0 Å². The van der Waals surface area contributed by atoms with Gasteiger partial charge in [-0.3, -0.25) is 10.1 Å². The molecule has 0 spiro atoms. The zero-order valence-electron chi connectivity index (χ0n) is 14.5. The van der Waals surface area contributed by atoms with Crippen molar-refractivity contribution in [2.24, 2.45) is 0 Å². The molecule has 1 aliphatic rings. The average Bonchev–Trinajstić information content (AvgIpc) is 2.73. The second-order valence-electron chi connectivity index (χ2n) is 6.70. The zero-order chi connectivity index (χ0) is 18.4. The van der Waals surface area contributed by atoms with Crippen LogP contribution in [0.3, 0.4) is 0 Å². The van der Waals surface area contributed by atoms with Crippen LogP contribution < -0.4 is 0 Å². The molecule has 5 rings (SSSR count). The van der Waals surface area contributed by atoms with Crippen LogP contribution in [-0.4, -0.2) is 16.5 Å². The van der Waals surface area contributed by atoms with E-state index >= 15 is 0 Å². The van der Waals surface area contributed by atoms with Gasteiger partial charge in [-0.1, -0.05) is 30.3 Å². The molecule has 0 fully saturated rings. The first kappa shape index (κ1) is 15.9. The lowest BCUT2D eigenvalue weighted by Gasteiger charge is -2.22. The summed E-state index contributed by atoms with van der Waals surface area (Å²) in [5.41, 5.74) is 5.11. The second kappa shape index (κ2) is 6.14. The Morgan fingerprint density at radius 1 is 0.963 bits per heavy atom. The maximum atomic E-state index is 11.0. The number of fused-ring (bicyclic) bond motifs is 5. The molecule has 0 saturated carbocycles. The third-order valence-corrected chi connectivity index (χ3v) is 5.19. The number of aromatic nitrogens is 1. The smallest absolute Gasteiger partial charge is 0.269 e. The van der Waals surface area contributed by atoms with Crippen molar-refractivity contribution in [2.75, 3.05) is 6.61 Å². The predicted molar refractivity (Wildman–Crippen MR) is 105 cm³/mol. The number of ether oxygens (including phenoxy) is 1. The summed E-state index contributed by atoms with van der Waals surface area (Å²) in [7, 11) is 0. The van der Waals surface area contributed by atoms with Crippen molar-refractivity contribution in [2.45, 2.75) is 13.0 Å². The van der Waals surface area contributed by atoms with Crippen LogP contribution in [0.5, 0.6) is 0 Å². The summed E-state index contributed by atoms with van der Waals surface area (Å²) in [6.07, 6.45) is 0.836. The highest BCUT2D eigenvalue weighted by molar-refractivity contribution is 6.09. The number of nitrogens with zero attached hydrogens (tertiary/aromatic N) is 2. The number of nitro groups is 1. The first-order valence-corrected chi connectivity index (χ1v) is 8.88. The Balaban J connectivity index is 1.81. The van der Waals surface area contributed by atoms with Gasteiger partial charge in [-0.2, -0.15) is 0 Å². The minimum absolute atomic E-state index is 0.0793. The molecular weight excluding hydrogens is 340 g/mol. The molecule has 0 unspecified atom stereocenters. The molecule has 0 bridgehead atoms. The van der Waals surface area contributed by atoms with Gasteiger partial charge in [-0.05, 0) is 41.0 Å². The van der Waals surface area contributed by atoms with Crippen molar-refractivity contribution >= 4 is 27.4 Å². The van der Waals surface area contributed by atoms with Crippen LogP contribution in [0.25, 0.3) is 32.9 Å². The number of nitro benzene ring substituents is 1. The van der Waals surface area contributed by atoms with Crippen molar-refractivity contribution in [1.82, 2.24) is 4.98 Å². The van der Waals surface area contributed by atoms with Crippen LogP contribution in [0, 0.1) is 10.1 Å². The van der Waals surface area contributed by atoms with Crippen LogP contribution >= 0.6 is 0 Å². The Labute approximate surface area is 155 Å². The zero-order valence-corrected chi connectivity index (χ0v) is 14.5. The standard InChI is InChI=1S/C22H16N2O3/c25-24(26)16-8-5-15(6-9-16)22-19-13-27-12-11-18(19)21-17-4-2-1-3-14(17)7-10-20(21)23-22/h1-10H,11-13H2. The number of benzene rings is 3. The van der Waals surface area contributed by atoms with Crippen molar-refractivity contribution in [3.05, 3.63) is 81.9 Å². The number of non-ortho nitro benzene ring substituents is 1. The second-order valence-corrected chi connectivity index (χ2v) is 6.70. The summed E-state index contributed by atoms with van der Waals surface area (Å²) >= 11 is 0. The molecule has 0 saturated heterocycles. The SMILES string of the molecule is O=[N+]([O-])c1ccc(-c2nc3ccc4ccccc4c3c3c2COCC3)cc1. The molecule has 4 aromatic rings. The van der Waals surface area contributed by atoms with Gasteiger partial charge in [0.15, 0.2) is 0 Å². The lowest BCUT2D eigenvalue weighted by atomic mass is 9.91. The molecule has 3 aromatic carbocycles. The minimum Gasteiger partial charge on any atom is -0.376 e. The van der Waals surface area contributed by atoms with E-state index in [0.717, 1.165) is 28.8 Å². The molecule has 27 heavy (non-hydrogen) atoms. The molecule has 0 amide bonds. The van der Waals surface area contributed by atoms with Crippen LogP contribution in [0.15, 0.2) is 60.7 Å². The van der Waals surface area contributed by atoms with Crippen LogP contribution in [0.1, 0.15) is 11.1 Å². The Morgan fingerprint density at radius 3 is 2.59 bits per heavy atom. The average molecular weight is 356 g/mol. The summed E-state index contributed by atoms with van der Waals surface area (Å²) < 4.78 is 5.73. The first-order chi connectivity index (χ1) is 13.2. The fourth-order valence-electron chi connectivity index (χ4n) is 3.91. The largest absolute Gasteiger partial charge is 0.376 e. The van der Waals surface area contributed by atoms with Gasteiger partial charge in [0.1, 0.15) is 0 Å². The maximum absolute atomic E-state index is 11.0. The normalized spacial score (nSPS) is 13.6. The van der Waals surface area contributed by atoms with E-state index in [9.17, 15) is 10.1 Å². The third-order valence-electron chi connectivity index (χ3n) is 5.19. The molecule has 0 atom stereocenters. The predicted octanol–water partition coefficient (Wildman–Crippen LogP) is 5.04. The minimum atomic E-state index is -0.387. The van der Waals surface area contributed by atoms with Crippen molar-refractivity contribution in [1.29, 1.82) is 0 Å². The Bertz CT molecular complexity index is 1200. The van der Waals surface area contributed by atoms with E-state index in [-0.39, 0.29) is 10.6 Å². The summed E-state index contributed by atoms with van der Waals surface area (Å²) in [6, 6.07) is 19.1. The van der Waals surface area contributed by atoms with E-state index < -0.39 is 0 Å². The van der Waals surface area contributed by atoms with E-state index in [0.29, 0.717) is 13.2 Å². The van der Waals surface area contributed by atoms with E-state index in [1.54, 1.807) is 12.1 Å². The Hall–Kier alpha value is -3.31. The number of hydrogen-bond acceptors (Lipinski definition) is 4. The molecule has 0 radical (unpaired) electrons. The monoisotopic (exact) mass is 356 g/mol. The quantitative estimate of drug-likeness (QED) is 0.287. The van der Waals surface area contributed by atoms with E-state index in [1.807, 2.05) is 6.07 Å². The van der Waals surface area contributed by atoms with Gasteiger partial charge in [0.2, 0.25) is 0 Å². The molecule has 2 heterocycles. The molecule has 1 aliphatic heterocycles. The lowest BCUT2D eigenvalue weighted by molar-refractivity contribution is -0.384. The lowest BCUT2D eigenvalue weighted by Crippen LogP contribution is -2.13. The first-order valence-electron chi connectivity index (χ1n) is 8.88. The molecular formula is C22H16N2O3. The van der Waals surface area contributed by atoms with Crippen molar-refractivity contribution < 1.29 is 9.66 Å². The van der Waals surface area contributed by atoms with Crippen LogP contribution in [-0.2, 0) is 17.8 Å². The topological polar surface area (TPSA) is 65.3 Å². The summed E-state index contributed by atoms with van der Waals surface area (Å²) in [6.45, 7) is 1.20. The summed E-state index contributed by atoms with van der Waals surface area (Å²) in [5.74, 6) is 0. The third kappa shape index (κ3) is 2.55. The van der Waals surface area contributed by atoms with Gasteiger partial charge < -0.3 is 4.74 Å². The Morgan fingerprint density at radius 2 is 1.78 bits per heavy atom. The van der Waals surface area contributed by atoms with E-state index in [4.69, 9.17) is 9.72 Å².